The maximum Gasteiger partial charge on any atom is 0.337 e. The largest absolute Gasteiger partial charge is 0.478 e. The van der Waals surface area contributed by atoms with Crippen molar-refractivity contribution in [2.45, 2.75) is 6.92 Å². The third-order valence-electron chi connectivity index (χ3n) is 2.64. The number of carbonyl (C=O) groups excluding carboxylic acids is 1. The van der Waals surface area contributed by atoms with E-state index < -0.39 is 11.9 Å². The van der Waals surface area contributed by atoms with Crippen molar-refractivity contribution < 1.29 is 14.7 Å². The second-order valence-corrected chi connectivity index (χ2v) is 5.07. The van der Waals surface area contributed by atoms with Crippen LogP contribution in [-0.2, 0) is 0 Å². The van der Waals surface area contributed by atoms with Crippen molar-refractivity contribution in [3.8, 4) is 0 Å². The van der Waals surface area contributed by atoms with Gasteiger partial charge in [-0.25, -0.2) is 9.78 Å². The summed E-state index contributed by atoms with van der Waals surface area (Å²) in [6.07, 6.45) is 0. The zero-order valence-corrected chi connectivity index (χ0v) is 12.4. The highest BCUT2D eigenvalue weighted by atomic mass is 35.5. The molecule has 0 aliphatic heterocycles. The lowest BCUT2D eigenvalue weighted by Crippen LogP contribution is -2.13. The quantitative estimate of drug-likeness (QED) is 0.844. The summed E-state index contributed by atoms with van der Waals surface area (Å²) in [5, 5.41) is 11.9. The number of nitrogens with zero attached hydrogens (tertiary/aromatic N) is 1. The number of aryl methyl sites for hydroxylation is 1. The number of hydrogen-bond acceptors (Lipinski definition) is 3. The number of rotatable bonds is 3. The summed E-state index contributed by atoms with van der Waals surface area (Å²) in [6, 6.07) is 7.22. The van der Waals surface area contributed by atoms with Crippen LogP contribution in [0.15, 0.2) is 30.3 Å². The standard InChI is InChI=1S/C14H10Cl2N2O3/c1-7-4-8(5-12(16)17-7)13(19)18-9-2-3-11(15)10(6-9)14(20)21/h2-6H,1H3,(H,18,19)(H,20,21). The van der Waals surface area contributed by atoms with Gasteiger partial charge in [-0.1, -0.05) is 23.2 Å². The van der Waals surface area contributed by atoms with E-state index in [0.29, 0.717) is 16.9 Å². The highest BCUT2D eigenvalue weighted by Crippen LogP contribution is 2.21. The molecule has 7 heteroatoms. The Hall–Kier alpha value is -2.11. The fourth-order valence-corrected chi connectivity index (χ4v) is 2.18. The van der Waals surface area contributed by atoms with Crippen molar-refractivity contribution in [2.24, 2.45) is 0 Å². The Bertz CT molecular complexity index is 712. The number of hydrogen-bond donors (Lipinski definition) is 2. The molecule has 0 radical (unpaired) electrons. The average molecular weight is 325 g/mol. The van der Waals surface area contributed by atoms with E-state index in [1.807, 2.05) is 0 Å². The molecule has 0 unspecified atom stereocenters. The Morgan fingerprint density at radius 1 is 1.19 bits per heavy atom. The first-order chi connectivity index (χ1) is 9.86. The van der Waals surface area contributed by atoms with Crippen LogP contribution in [0.3, 0.4) is 0 Å². The summed E-state index contributed by atoms with van der Waals surface area (Å²) in [5.74, 6) is -1.58. The number of carbonyl (C=O) groups is 2. The van der Waals surface area contributed by atoms with Gasteiger partial charge in [-0.05, 0) is 37.3 Å². The molecule has 0 spiro atoms. The summed E-state index contributed by atoms with van der Waals surface area (Å²) < 4.78 is 0. The van der Waals surface area contributed by atoms with Crippen LogP contribution in [0.25, 0.3) is 0 Å². The molecule has 108 valence electrons. The summed E-state index contributed by atoms with van der Waals surface area (Å²) >= 11 is 11.6. The van der Waals surface area contributed by atoms with Gasteiger partial charge in [-0.15, -0.1) is 0 Å². The SMILES string of the molecule is Cc1cc(C(=O)Nc2ccc(Cl)c(C(=O)O)c2)cc(Cl)n1. The van der Waals surface area contributed by atoms with Gasteiger partial charge in [0.1, 0.15) is 5.15 Å². The maximum absolute atomic E-state index is 12.1. The van der Waals surface area contributed by atoms with E-state index in [1.54, 1.807) is 13.0 Å². The van der Waals surface area contributed by atoms with Gasteiger partial charge in [0, 0.05) is 16.9 Å². The Morgan fingerprint density at radius 2 is 1.90 bits per heavy atom. The maximum atomic E-state index is 12.1. The second-order valence-electron chi connectivity index (χ2n) is 4.27. The molecular formula is C14H10Cl2N2O3. The van der Waals surface area contributed by atoms with Gasteiger partial charge < -0.3 is 10.4 Å². The van der Waals surface area contributed by atoms with E-state index >= 15 is 0 Å². The number of carboxylic acid groups (broad SMARTS) is 1. The molecule has 2 aromatic rings. The molecule has 2 N–H and O–H groups in total. The van der Waals surface area contributed by atoms with E-state index in [1.165, 1.54) is 24.3 Å². The predicted octanol–water partition coefficient (Wildman–Crippen LogP) is 3.65. The van der Waals surface area contributed by atoms with Gasteiger partial charge in [0.25, 0.3) is 5.91 Å². The molecule has 1 amide bonds. The smallest absolute Gasteiger partial charge is 0.337 e. The zero-order chi connectivity index (χ0) is 15.6. The average Bonchev–Trinajstić information content (AvgIpc) is 2.39. The van der Waals surface area contributed by atoms with Crippen molar-refractivity contribution >= 4 is 40.8 Å². The van der Waals surface area contributed by atoms with Gasteiger partial charge >= 0.3 is 5.97 Å². The van der Waals surface area contributed by atoms with Crippen molar-refractivity contribution in [3.05, 3.63) is 57.3 Å². The fraction of sp³-hybridized carbons (Fsp3) is 0.0714. The van der Waals surface area contributed by atoms with E-state index in [4.69, 9.17) is 28.3 Å². The molecule has 0 fully saturated rings. The van der Waals surface area contributed by atoms with E-state index in [9.17, 15) is 9.59 Å². The number of halogens is 2. The number of amides is 1. The van der Waals surface area contributed by atoms with Crippen LogP contribution in [0.1, 0.15) is 26.4 Å². The van der Waals surface area contributed by atoms with E-state index in [0.717, 1.165) is 0 Å². The molecule has 2 rings (SSSR count). The Labute approximate surface area is 130 Å². The number of carboxylic acids is 1. The Kier molecular flexibility index (Phi) is 4.45. The minimum Gasteiger partial charge on any atom is -0.478 e. The minimum absolute atomic E-state index is 0.0848. The summed E-state index contributed by atoms with van der Waals surface area (Å²) in [4.78, 5) is 27.1. The van der Waals surface area contributed by atoms with Crippen molar-refractivity contribution in [3.63, 3.8) is 0 Å². The zero-order valence-electron chi connectivity index (χ0n) is 10.9. The topological polar surface area (TPSA) is 79.3 Å². The lowest BCUT2D eigenvalue weighted by atomic mass is 10.2. The van der Waals surface area contributed by atoms with Crippen LogP contribution in [-0.4, -0.2) is 22.0 Å². The molecule has 1 aromatic heterocycles. The third kappa shape index (κ3) is 3.71. The van der Waals surface area contributed by atoms with Gasteiger partial charge in [-0.3, -0.25) is 4.79 Å². The van der Waals surface area contributed by atoms with E-state index in [-0.39, 0.29) is 15.7 Å². The lowest BCUT2D eigenvalue weighted by molar-refractivity contribution is 0.0696. The summed E-state index contributed by atoms with van der Waals surface area (Å²) in [7, 11) is 0. The first-order valence-electron chi connectivity index (χ1n) is 5.85. The van der Waals surface area contributed by atoms with Gasteiger partial charge in [0.15, 0.2) is 0 Å². The minimum atomic E-state index is -1.17. The molecule has 5 nitrogen and oxygen atoms in total. The van der Waals surface area contributed by atoms with Crippen LogP contribution in [0, 0.1) is 6.92 Å². The number of anilines is 1. The number of aromatic nitrogens is 1. The van der Waals surface area contributed by atoms with Gasteiger partial charge in [0.2, 0.25) is 0 Å². The van der Waals surface area contributed by atoms with Crippen LogP contribution in [0.4, 0.5) is 5.69 Å². The molecule has 0 aliphatic rings. The van der Waals surface area contributed by atoms with Crippen molar-refractivity contribution in [1.29, 1.82) is 0 Å². The number of nitrogens with one attached hydrogen (secondary N) is 1. The van der Waals surface area contributed by atoms with Crippen LogP contribution in [0.5, 0.6) is 0 Å². The predicted molar refractivity (Wildman–Crippen MR) is 80.3 cm³/mol. The molecule has 1 aromatic carbocycles. The summed E-state index contributed by atoms with van der Waals surface area (Å²) in [6.45, 7) is 1.72. The fourth-order valence-electron chi connectivity index (χ4n) is 1.73. The number of aromatic carboxylic acids is 1. The molecule has 0 aliphatic carbocycles. The lowest BCUT2D eigenvalue weighted by Gasteiger charge is -2.08. The van der Waals surface area contributed by atoms with Gasteiger partial charge in [0.05, 0.1) is 10.6 Å². The number of pyridine rings is 1. The first kappa shape index (κ1) is 15.3. The molecule has 0 atom stereocenters. The Balaban J connectivity index is 2.27. The molecular weight excluding hydrogens is 315 g/mol. The molecule has 1 heterocycles. The monoisotopic (exact) mass is 324 g/mol. The van der Waals surface area contributed by atoms with E-state index in [2.05, 4.69) is 10.3 Å². The van der Waals surface area contributed by atoms with Gasteiger partial charge in [-0.2, -0.15) is 0 Å². The highest BCUT2D eigenvalue weighted by Gasteiger charge is 2.12. The summed E-state index contributed by atoms with van der Waals surface area (Å²) in [5.41, 5.74) is 1.18. The molecule has 21 heavy (non-hydrogen) atoms. The normalized spacial score (nSPS) is 10.2. The van der Waals surface area contributed by atoms with Crippen molar-refractivity contribution in [2.75, 3.05) is 5.32 Å². The number of benzene rings is 1. The third-order valence-corrected chi connectivity index (χ3v) is 3.16. The molecule has 0 bridgehead atoms. The molecule has 0 saturated heterocycles. The molecule has 0 saturated carbocycles. The second kappa shape index (κ2) is 6.11. The highest BCUT2D eigenvalue weighted by molar-refractivity contribution is 6.33. The van der Waals surface area contributed by atoms with Crippen molar-refractivity contribution in [1.82, 2.24) is 4.98 Å². The van der Waals surface area contributed by atoms with Crippen LogP contribution >= 0.6 is 23.2 Å². The van der Waals surface area contributed by atoms with Crippen LogP contribution < -0.4 is 5.32 Å². The first-order valence-corrected chi connectivity index (χ1v) is 6.61. The Morgan fingerprint density at radius 3 is 2.52 bits per heavy atom. The van der Waals surface area contributed by atoms with Crippen LogP contribution in [0.2, 0.25) is 10.2 Å².